The van der Waals surface area contributed by atoms with E-state index in [2.05, 4.69) is 42.9 Å². The van der Waals surface area contributed by atoms with Crippen molar-refractivity contribution in [3.8, 4) is 6.07 Å². The molecule has 0 aromatic heterocycles. The highest BCUT2D eigenvalue weighted by Crippen LogP contribution is 2.53. The number of fused-ring (bicyclic) bond motifs is 2. The number of aliphatic imine (C=N–C) groups is 1. The van der Waals surface area contributed by atoms with E-state index < -0.39 is 11.3 Å². The lowest BCUT2D eigenvalue weighted by Crippen LogP contribution is -2.47. The molecule has 1 heterocycles. The molecular formula is C32H43N7O2. The summed E-state index contributed by atoms with van der Waals surface area (Å²) in [7, 11) is 1.69. The van der Waals surface area contributed by atoms with Crippen LogP contribution in [0.2, 0.25) is 0 Å². The van der Waals surface area contributed by atoms with Gasteiger partial charge in [-0.1, -0.05) is 32.6 Å². The number of carbonyl (C=O) groups excluding carboxylic acids is 2. The Balaban J connectivity index is 1.71. The fraction of sp³-hybridized carbons (Fsp3) is 0.500. The van der Waals surface area contributed by atoms with Gasteiger partial charge in [0.2, 0.25) is 11.8 Å². The Morgan fingerprint density at radius 1 is 1.29 bits per heavy atom. The van der Waals surface area contributed by atoms with Crippen molar-refractivity contribution >= 4 is 17.6 Å². The number of piperidine rings is 1. The minimum absolute atomic E-state index is 0.0427. The van der Waals surface area contributed by atoms with E-state index in [0.717, 1.165) is 40.7 Å². The summed E-state index contributed by atoms with van der Waals surface area (Å²) in [6.07, 6.45) is 5.51. The highest BCUT2D eigenvalue weighted by atomic mass is 16.2. The molecule has 218 valence electrons. The number of rotatable bonds is 10. The maximum Gasteiger partial charge on any atom is 0.248 e. The Bertz CT molecular complexity index is 1380. The van der Waals surface area contributed by atoms with Crippen LogP contribution in [0.4, 0.5) is 0 Å². The first-order valence-corrected chi connectivity index (χ1v) is 14.4. The van der Waals surface area contributed by atoms with Gasteiger partial charge in [-0.25, -0.2) is 0 Å². The smallest absolute Gasteiger partial charge is 0.248 e. The number of amidine groups is 1. The number of likely N-dealkylation sites (tertiary alicyclic amines) is 1. The fourth-order valence-electron chi connectivity index (χ4n) is 7.10. The first-order valence-electron chi connectivity index (χ1n) is 14.4. The Morgan fingerprint density at radius 3 is 2.63 bits per heavy atom. The molecule has 9 heteroatoms. The Labute approximate surface area is 243 Å². The van der Waals surface area contributed by atoms with E-state index in [1.807, 2.05) is 19.1 Å². The number of nitrogens with one attached hydrogen (secondary N) is 1. The number of primary amides is 1. The van der Waals surface area contributed by atoms with E-state index in [0.29, 0.717) is 54.7 Å². The number of nitrogens with zero attached hydrogens (tertiary/aromatic N) is 3. The zero-order valence-electron chi connectivity index (χ0n) is 24.7. The highest BCUT2D eigenvalue weighted by molar-refractivity contribution is 5.97. The van der Waals surface area contributed by atoms with Crippen molar-refractivity contribution in [3.05, 3.63) is 70.0 Å². The maximum absolute atomic E-state index is 13.2. The largest absolute Gasteiger partial charge is 0.399 e. The van der Waals surface area contributed by atoms with Crippen molar-refractivity contribution in [3.63, 3.8) is 0 Å². The van der Waals surface area contributed by atoms with E-state index in [1.165, 1.54) is 0 Å². The average molecular weight is 558 g/mol. The molecule has 0 radical (unpaired) electrons. The number of hydrogen-bond donors (Lipinski definition) is 4. The minimum Gasteiger partial charge on any atom is -0.399 e. The summed E-state index contributed by atoms with van der Waals surface area (Å²) in [5.74, 6) is 0.836. The summed E-state index contributed by atoms with van der Waals surface area (Å²) in [5, 5.41) is 12.9. The molecule has 0 spiro atoms. The Hall–Kier alpha value is -3.90. The number of hydrogen-bond acceptors (Lipinski definition) is 6. The van der Waals surface area contributed by atoms with Gasteiger partial charge in [-0.2, -0.15) is 5.26 Å². The molecule has 1 aromatic carbocycles. The second-order valence-electron chi connectivity index (χ2n) is 11.6. The normalized spacial score (nSPS) is 27.5. The van der Waals surface area contributed by atoms with Crippen molar-refractivity contribution in [1.82, 2.24) is 10.2 Å². The molecule has 7 N–H and O–H groups in total. The van der Waals surface area contributed by atoms with Gasteiger partial charge < -0.3 is 27.4 Å². The lowest BCUT2D eigenvalue weighted by Gasteiger charge is -2.38. The molecule has 2 fully saturated rings. The van der Waals surface area contributed by atoms with Crippen LogP contribution in [-0.2, 0) is 16.6 Å². The number of benzene rings is 1. The van der Waals surface area contributed by atoms with Crippen LogP contribution in [-0.4, -0.2) is 54.8 Å². The van der Waals surface area contributed by atoms with Crippen LogP contribution in [0.15, 0.2) is 58.3 Å². The van der Waals surface area contributed by atoms with Crippen LogP contribution in [0.25, 0.3) is 0 Å². The van der Waals surface area contributed by atoms with Crippen LogP contribution in [0.1, 0.15) is 67.9 Å². The molecule has 5 atom stereocenters. The molecule has 1 aromatic rings. The molecule has 9 nitrogen and oxygen atoms in total. The zero-order chi connectivity index (χ0) is 30.1. The molecule has 1 saturated heterocycles. The van der Waals surface area contributed by atoms with E-state index in [9.17, 15) is 14.9 Å². The van der Waals surface area contributed by atoms with Gasteiger partial charge in [0.15, 0.2) is 0 Å². The lowest BCUT2D eigenvalue weighted by molar-refractivity contribution is -0.131. The summed E-state index contributed by atoms with van der Waals surface area (Å²) in [4.78, 5) is 31.6. The van der Waals surface area contributed by atoms with Crippen molar-refractivity contribution in [2.24, 2.45) is 34.0 Å². The summed E-state index contributed by atoms with van der Waals surface area (Å²) >= 11 is 0. The van der Waals surface area contributed by atoms with Gasteiger partial charge in [-0.3, -0.25) is 14.6 Å². The third-order valence-electron chi connectivity index (χ3n) is 9.40. The predicted molar refractivity (Wildman–Crippen MR) is 162 cm³/mol. The van der Waals surface area contributed by atoms with Gasteiger partial charge >= 0.3 is 0 Å². The number of carbonyl (C=O) groups is 2. The molecule has 5 unspecified atom stereocenters. The van der Waals surface area contributed by atoms with Crippen LogP contribution in [0.5, 0.6) is 0 Å². The first kappa shape index (κ1) is 30.1. The highest BCUT2D eigenvalue weighted by Gasteiger charge is 2.60. The second-order valence-corrected chi connectivity index (χ2v) is 11.6. The van der Waals surface area contributed by atoms with Crippen LogP contribution < -0.4 is 22.5 Å². The molecule has 2 amide bonds. The average Bonchev–Trinajstić information content (AvgIpc) is 3.43. The molecule has 1 saturated carbocycles. The lowest BCUT2D eigenvalue weighted by atomic mass is 9.67. The molecule has 2 aliphatic carbocycles. The molecule has 1 aliphatic heterocycles. The molecule has 4 rings (SSSR count). The van der Waals surface area contributed by atoms with Crippen LogP contribution >= 0.6 is 0 Å². The maximum atomic E-state index is 13.2. The van der Waals surface area contributed by atoms with Gasteiger partial charge in [0.05, 0.1) is 18.0 Å². The van der Waals surface area contributed by atoms with Crippen LogP contribution in [0.3, 0.4) is 0 Å². The second kappa shape index (κ2) is 11.9. The van der Waals surface area contributed by atoms with E-state index in [4.69, 9.17) is 17.2 Å². The van der Waals surface area contributed by atoms with Gasteiger partial charge in [-0.05, 0) is 97.4 Å². The number of aryl methyl sites for hydroxylation is 1. The van der Waals surface area contributed by atoms with E-state index in [1.54, 1.807) is 18.0 Å². The number of nitriles is 1. The fourth-order valence-corrected chi connectivity index (χ4v) is 7.10. The number of amides is 2. The van der Waals surface area contributed by atoms with E-state index >= 15 is 0 Å². The van der Waals surface area contributed by atoms with Crippen molar-refractivity contribution < 1.29 is 9.59 Å². The third kappa shape index (κ3) is 5.41. The van der Waals surface area contributed by atoms with E-state index in [-0.39, 0.29) is 24.5 Å². The van der Waals surface area contributed by atoms with Crippen molar-refractivity contribution in [2.45, 2.75) is 70.4 Å². The summed E-state index contributed by atoms with van der Waals surface area (Å²) in [6, 6.07) is 7.71. The standard InChI is InChI=1S/C32H43N7O2/c1-6-26-21(13-18(2)20(4)34)7-8-22-14-23(30(35)41)9-10-27(22)32(26,31(36)37-5)11-12-38-17-28(40)39-24(16-33)15-25-19(3)29(25)39/h9-10,13-14,19,24-25,29,38H,4,6-8,11-12,15,17,34H2,1-3,5H3,(H2,35,41)(H2,36,37)/b18-13+. The van der Waals surface area contributed by atoms with Gasteiger partial charge in [0.1, 0.15) is 11.9 Å². The van der Waals surface area contributed by atoms with Crippen LogP contribution in [0, 0.1) is 23.2 Å². The zero-order valence-corrected chi connectivity index (χ0v) is 24.7. The van der Waals surface area contributed by atoms with Crippen molar-refractivity contribution in [2.75, 3.05) is 20.1 Å². The summed E-state index contributed by atoms with van der Waals surface area (Å²) in [5.41, 5.74) is 23.8. The number of nitrogens with two attached hydrogens (primary N) is 3. The van der Waals surface area contributed by atoms with Gasteiger partial charge in [0.25, 0.3) is 0 Å². The predicted octanol–water partition coefficient (Wildman–Crippen LogP) is 2.82. The monoisotopic (exact) mass is 557 g/mol. The molecule has 0 bridgehead atoms. The summed E-state index contributed by atoms with van der Waals surface area (Å²) < 4.78 is 0. The Kier molecular flexibility index (Phi) is 8.74. The molecule has 3 aliphatic rings. The van der Waals surface area contributed by atoms with Gasteiger partial charge in [0, 0.05) is 24.4 Å². The number of allylic oxidation sites excluding steroid dienone is 3. The molecule has 41 heavy (non-hydrogen) atoms. The Morgan fingerprint density at radius 2 is 2.02 bits per heavy atom. The molecular weight excluding hydrogens is 514 g/mol. The first-order chi connectivity index (χ1) is 19.5. The van der Waals surface area contributed by atoms with Gasteiger partial charge in [-0.15, -0.1) is 0 Å². The minimum atomic E-state index is -0.775. The topological polar surface area (TPSA) is 164 Å². The summed E-state index contributed by atoms with van der Waals surface area (Å²) in [6.45, 7) is 10.7. The third-order valence-corrected chi connectivity index (χ3v) is 9.40. The van der Waals surface area contributed by atoms with Crippen molar-refractivity contribution in [1.29, 1.82) is 5.26 Å². The SMILES string of the molecule is C=C(N)/C(C)=C/C1=C(CC)C(CCNCC(=O)N2C(C#N)CC3C(C)C32)(C(N)=NC)c2ccc(C(N)=O)cc2CC1. The quantitative estimate of drug-likeness (QED) is 0.150.